The Bertz CT molecular complexity index is 989. The molecule has 0 bridgehead atoms. The highest BCUT2D eigenvalue weighted by Crippen LogP contribution is 2.30. The number of carboxylic acids is 1. The third-order valence-electron chi connectivity index (χ3n) is 4.08. The van der Waals surface area contributed by atoms with Crippen molar-refractivity contribution in [1.29, 1.82) is 0 Å². The number of thioether (sulfide) groups is 1. The minimum Gasteiger partial charge on any atom is -0.480 e. The maximum Gasteiger partial charge on any atom is 0.415 e. The first-order valence-electron chi connectivity index (χ1n) is 9.23. The first-order chi connectivity index (χ1) is 15.2. The number of hydrogen-bond acceptors (Lipinski definition) is 9. The van der Waals surface area contributed by atoms with Crippen molar-refractivity contribution >= 4 is 46.6 Å². The van der Waals surface area contributed by atoms with Crippen LogP contribution < -0.4 is 10.2 Å². The molecule has 0 aromatic heterocycles. The lowest BCUT2D eigenvalue weighted by Gasteiger charge is -2.22. The van der Waals surface area contributed by atoms with Crippen molar-refractivity contribution in [3.05, 3.63) is 68.8 Å². The number of carboxylic acid groups (broad SMARTS) is 1. The second-order valence-electron chi connectivity index (χ2n) is 6.21. The van der Waals surface area contributed by atoms with Crippen molar-refractivity contribution in [2.45, 2.75) is 13.0 Å². The summed E-state index contributed by atoms with van der Waals surface area (Å²) < 4.78 is 5.04. The van der Waals surface area contributed by atoms with Crippen LogP contribution in [-0.2, 0) is 9.53 Å². The summed E-state index contributed by atoms with van der Waals surface area (Å²) in [7, 11) is 0. The van der Waals surface area contributed by atoms with Crippen LogP contribution in [0, 0.1) is 20.2 Å². The van der Waals surface area contributed by atoms with E-state index < -0.39 is 39.3 Å². The summed E-state index contributed by atoms with van der Waals surface area (Å²) in [6.45, 7) is 1.83. The Labute approximate surface area is 186 Å². The largest absolute Gasteiger partial charge is 0.480 e. The molecule has 2 N–H and O–H groups in total. The van der Waals surface area contributed by atoms with E-state index in [2.05, 4.69) is 5.32 Å². The lowest BCUT2D eigenvalue weighted by molar-refractivity contribution is -0.393. The van der Waals surface area contributed by atoms with Gasteiger partial charge in [-0.25, -0.2) is 9.59 Å². The molecule has 2 aromatic rings. The molecule has 0 saturated heterocycles. The van der Waals surface area contributed by atoms with Gasteiger partial charge in [0.2, 0.25) is 0 Å². The van der Waals surface area contributed by atoms with Crippen molar-refractivity contribution in [3.8, 4) is 0 Å². The van der Waals surface area contributed by atoms with Crippen molar-refractivity contribution in [2.24, 2.45) is 0 Å². The Kier molecular flexibility index (Phi) is 8.77. The standard InChI is InChI=1S/C19H20N4O8S/c1-2-31-19(26)21(13-6-4-3-5-7-13)12-32-11-16(18(24)25)20-15-9-8-14(22(27)28)10-17(15)23(29)30/h3-10,16,20H,2,11-12H2,1H3,(H,24,25)/t16-/m0/s1. The van der Waals surface area contributed by atoms with Gasteiger partial charge in [-0.1, -0.05) is 18.2 Å². The Hall–Kier alpha value is -3.87. The van der Waals surface area contributed by atoms with Crippen LogP contribution in [0.1, 0.15) is 6.92 Å². The van der Waals surface area contributed by atoms with Crippen molar-refractivity contribution < 1.29 is 29.3 Å². The Morgan fingerprint density at radius 2 is 1.84 bits per heavy atom. The molecule has 0 unspecified atom stereocenters. The zero-order valence-corrected chi connectivity index (χ0v) is 17.7. The average Bonchev–Trinajstić information content (AvgIpc) is 2.76. The number of rotatable bonds is 11. The molecule has 0 aliphatic carbocycles. The summed E-state index contributed by atoms with van der Waals surface area (Å²) in [6, 6.07) is 10.3. The highest BCUT2D eigenvalue weighted by Gasteiger charge is 2.25. The van der Waals surface area contributed by atoms with Crippen LogP contribution in [0.5, 0.6) is 0 Å². The number of non-ortho nitro benzene ring substituents is 1. The van der Waals surface area contributed by atoms with Gasteiger partial charge in [0.25, 0.3) is 11.4 Å². The molecule has 0 saturated carbocycles. The molecule has 0 heterocycles. The van der Waals surface area contributed by atoms with E-state index in [0.717, 1.165) is 30.0 Å². The normalized spacial score (nSPS) is 11.3. The van der Waals surface area contributed by atoms with E-state index in [0.29, 0.717) is 5.69 Å². The average molecular weight is 464 g/mol. The molecule has 0 radical (unpaired) electrons. The number of para-hydroxylation sites is 1. The molecule has 32 heavy (non-hydrogen) atoms. The predicted molar refractivity (Wildman–Crippen MR) is 118 cm³/mol. The molecule has 0 fully saturated rings. The van der Waals surface area contributed by atoms with E-state index in [1.54, 1.807) is 37.3 Å². The smallest absolute Gasteiger partial charge is 0.415 e. The molecule has 0 aliphatic heterocycles. The molecule has 170 valence electrons. The van der Waals surface area contributed by atoms with Gasteiger partial charge >= 0.3 is 12.1 Å². The molecule has 0 spiro atoms. The highest BCUT2D eigenvalue weighted by molar-refractivity contribution is 7.99. The third kappa shape index (κ3) is 6.57. The van der Waals surface area contributed by atoms with Gasteiger partial charge in [-0.3, -0.25) is 25.1 Å². The second-order valence-corrected chi connectivity index (χ2v) is 7.21. The van der Waals surface area contributed by atoms with E-state index in [4.69, 9.17) is 4.74 Å². The van der Waals surface area contributed by atoms with Crippen LogP contribution in [-0.4, -0.2) is 51.3 Å². The van der Waals surface area contributed by atoms with Gasteiger partial charge < -0.3 is 15.2 Å². The third-order valence-corrected chi connectivity index (χ3v) is 5.09. The van der Waals surface area contributed by atoms with E-state index in [-0.39, 0.29) is 23.9 Å². The van der Waals surface area contributed by atoms with Gasteiger partial charge in [0, 0.05) is 17.5 Å². The molecular formula is C19H20N4O8S. The number of nitrogens with zero attached hydrogens (tertiary/aromatic N) is 3. The Morgan fingerprint density at radius 3 is 2.41 bits per heavy atom. The van der Waals surface area contributed by atoms with Gasteiger partial charge in [-0.05, 0) is 25.1 Å². The van der Waals surface area contributed by atoms with Gasteiger partial charge in [-0.2, -0.15) is 0 Å². The number of nitrogens with one attached hydrogen (secondary N) is 1. The fourth-order valence-electron chi connectivity index (χ4n) is 2.57. The van der Waals surface area contributed by atoms with Gasteiger partial charge in [-0.15, -0.1) is 11.8 Å². The molecule has 2 rings (SSSR count). The molecule has 1 amide bonds. The Morgan fingerprint density at radius 1 is 1.16 bits per heavy atom. The van der Waals surface area contributed by atoms with Gasteiger partial charge in [0.15, 0.2) is 0 Å². The summed E-state index contributed by atoms with van der Waals surface area (Å²) in [5.74, 6) is -1.28. The predicted octanol–water partition coefficient (Wildman–Crippen LogP) is 3.72. The summed E-state index contributed by atoms with van der Waals surface area (Å²) in [4.78, 5) is 45.8. The maximum atomic E-state index is 12.3. The van der Waals surface area contributed by atoms with Crippen molar-refractivity contribution in [3.63, 3.8) is 0 Å². The minimum atomic E-state index is -1.28. The molecule has 12 nitrogen and oxygen atoms in total. The van der Waals surface area contributed by atoms with Crippen LogP contribution in [0.4, 0.5) is 27.5 Å². The van der Waals surface area contributed by atoms with Crippen LogP contribution in [0.3, 0.4) is 0 Å². The maximum absolute atomic E-state index is 12.3. The number of carbonyl (C=O) groups excluding carboxylic acids is 1. The zero-order valence-electron chi connectivity index (χ0n) is 16.9. The molecular weight excluding hydrogens is 444 g/mol. The number of nitro groups is 2. The number of hydrogen-bond donors (Lipinski definition) is 2. The van der Waals surface area contributed by atoms with Gasteiger partial charge in [0.05, 0.1) is 28.4 Å². The molecule has 1 atom stereocenters. The monoisotopic (exact) mass is 464 g/mol. The minimum absolute atomic E-state index is 0.0633. The number of amides is 1. The number of ether oxygens (including phenoxy) is 1. The topological polar surface area (TPSA) is 165 Å². The number of carbonyl (C=O) groups is 2. The summed E-state index contributed by atoms with van der Waals surface area (Å²) in [5, 5.41) is 34.2. The Balaban J connectivity index is 2.14. The number of nitro benzene ring substituents is 2. The molecule has 13 heteroatoms. The zero-order chi connectivity index (χ0) is 23.7. The number of anilines is 2. The van der Waals surface area contributed by atoms with E-state index in [1.165, 1.54) is 4.90 Å². The fraction of sp³-hybridized carbons (Fsp3) is 0.263. The fourth-order valence-corrected chi connectivity index (χ4v) is 3.58. The first-order valence-corrected chi connectivity index (χ1v) is 10.4. The van der Waals surface area contributed by atoms with E-state index >= 15 is 0 Å². The van der Waals surface area contributed by atoms with Gasteiger partial charge in [0.1, 0.15) is 11.7 Å². The highest BCUT2D eigenvalue weighted by atomic mass is 32.2. The lowest BCUT2D eigenvalue weighted by atomic mass is 10.2. The van der Waals surface area contributed by atoms with Crippen LogP contribution >= 0.6 is 11.8 Å². The number of aliphatic carboxylic acids is 1. The summed E-state index contributed by atoms with van der Waals surface area (Å²) >= 11 is 1.09. The first kappa shape index (κ1) is 24.4. The van der Waals surface area contributed by atoms with Crippen LogP contribution in [0.2, 0.25) is 0 Å². The van der Waals surface area contributed by atoms with Crippen LogP contribution in [0.15, 0.2) is 48.5 Å². The lowest BCUT2D eigenvalue weighted by Crippen LogP contribution is -2.35. The second kappa shape index (κ2) is 11.5. The summed E-state index contributed by atoms with van der Waals surface area (Å²) in [6.07, 6.45) is -0.600. The SMILES string of the molecule is CCOC(=O)N(CSC[C@H](Nc1ccc([N+](=O)[O-])cc1[N+](=O)[O-])C(=O)O)c1ccccc1. The van der Waals surface area contributed by atoms with Crippen molar-refractivity contribution in [2.75, 3.05) is 28.5 Å². The van der Waals surface area contributed by atoms with Crippen molar-refractivity contribution in [1.82, 2.24) is 0 Å². The quantitative estimate of drug-likeness (QED) is 0.284. The summed E-state index contributed by atoms with van der Waals surface area (Å²) in [5.41, 5.74) is -0.715. The van der Waals surface area contributed by atoms with Crippen LogP contribution in [0.25, 0.3) is 0 Å². The van der Waals surface area contributed by atoms with E-state index in [9.17, 15) is 34.9 Å². The molecule has 2 aromatic carbocycles. The molecule has 0 aliphatic rings. The van der Waals surface area contributed by atoms with E-state index in [1.807, 2.05) is 0 Å². The number of benzene rings is 2.